The maximum atomic E-state index is 11.8. The summed E-state index contributed by atoms with van der Waals surface area (Å²) in [6.07, 6.45) is 5.56. The van der Waals surface area contributed by atoms with Crippen molar-refractivity contribution in [2.45, 2.75) is 38.5 Å². The first kappa shape index (κ1) is 15.1. The number of carbonyl (C=O) groups is 2. The molecule has 0 spiro atoms. The van der Waals surface area contributed by atoms with Crippen LogP contribution in [0.5, 0.6) is 0 Å². The lowest BCUT2D eigenvalue weighted by Gasteiger charge is -2.26. The van der Waals surface area contributed by atoms with E-state index in [1.54, 1.807) is 6.26 Å². The van der Waals surface area contributed by atoms with Crippen LogP contribution >= 0.6 is 0 Å². The van der Waals surface area contributed by atoms with E-state index in [2.05, 4.69) is 5.32 Å². The van der Waals surface area contributed by atoms with Gasteiger partial charge in [0.2, 0.25) is 5.91 Å². The molecule has 1 unspecified atom stereocenters. The number of carboxylic acid groups (broad SMARTS) is 1. The van der Waals surface area contributed by atoms with Gasteiger partial charge in [-0.2, -0.15) is 0 Å². The third-order valence-corrected chi connectivity index (χ3v) is 4.22. The van der Waals surface area contributed by atoms with Crippen LogP contribution in [-0.4, -0.2) is 39.7 Å². The van der Waals surface area contributed by atoms with Crippen molar-refractivity contribution in [1.82, 2.24) is 5.32 Å². The van der Waals surface area contributed by atoms with Gasteiger partial charge in [-0.1, -0.05) is 12.8 Å². The van der Waals surface area contributed by atoms with Crippen LogP contribution in [0.4, 0.5) is 0 Å². The number of carbonyl (C=O) groups excluding carboxylic acids is 1. The average molecular weight is 275 g/mol. The third kappa shape index (κ3) is 5.16. The van der Waals surface area contributed by atoms with Crippen LogP contribution in [0.25, 0.3) is 0 Å². The maximum Gasteiger partial charge on any atom is 0.303 e. The summed E-state index contributed by atoms with van der Waals surface area (Å²) in [4.78, 5) is 22.6. The Morgan fingerprint density at radius 1 is 1.28 bits per heavy atom. The first-order valence-electron chi connectivity index (χ1n) is 6.22. The topological polar surface area (TPSA) is 83.5 Å². The molecule has 0 heterocycles. The van der Waals surface area contributed by atoms with E-state index in [1.165, 1.54) is 0 Å². The smallest absolute Gasteiger partial charge is 0.303 e. The van der Waals surface area contributed by atoms with Crippen molar-refractivity contribution in [2.24, 2.45) is 5.41 Å². The molecule has 18 heavy (non-hydrogen) atoms. The zero-order valence-electron chi connectivity index (χ0n) is 10.7. The van der Waals surface area contributed by atoms with E-state index < -0.39 is 16.8 Å². The van der Waals surface area contributed by atoms with Crippen molar-refractivity contribution >= 4 is 22.7 Å². The second-order valence-electron chi connectivity index (χ2n) is 5.08. The van der Waals surface area contributed by atoms with Gasteiger partial charge in [0.25, 0.3) is 0 Å². The minimum atomic E-state index is -0.914. The molecule has 0 aromatic carbocycles. The Labute approximate surface area is 110 Å². The SMILES string of the molecule is CS(=O)CCNC(=O)CC1(CC(=O)O)CCCC1. The van der Waals surface area contributed by atoms with Gasteiger partial charge >= 0.3 is 5.97 Å². The molecular weight excluding hydrogens is 254 g/mol. The van der Waals surface area contributed by atoms with Crippen LogP contribution in [0.3, 0.4) is 0 Å². The predicted molar refractivity (Wildman–Crippen MR) is 69.7 cm³/mol. The van der Waals surface area contributed by atoms with Gasteiger partial charge in [-0.15, -0.1) is 0 Å². The molecule has 1 atom stereocenters. The number of hydrogen-bond donors (Lipinski definition) is 2. The number of carboxylic acids is 1. The summed E-state index contributed by atoms with van der Waals surface area (Å²) in [5.74, 6) is -0.513. The molecule has 5 nitrogen and oxygen atoms in total. The minimum Gasteiger partial charge on any atom is -0.481 e. The summed E-state index contributed by atoms with van der Waals surface area (Å²) in [5.41, 5.74) is -0.360. The summed E-state index contributed by atoms with van der Waals surface area (Å²) in [6, 6.07) is 0. The van der Waals surface area contributed by atoms with Gasteiger partial charge in [0.1, 0.15) is 0 Å². The highest BCUT2D eigenvalue weighted by atomic mass is 32.2. The number of nitrogens with one attached hydrogen (secondary N) is 1. The van der Waals surface area contributed by atoms with Crippen molar-refractivity contribution in [3.05, 3.63) is 0 Å². The Kier molecular flexibility index (Phi) is 5.78. The Morgan fingerprint density at radius 2 is 1.89 bits per heavy atom. The third-order valence-electron chi connectivity index (χ3n) is 3.44. The molecule has 0 saturated heterocycles. The fourth-order valence-corrected chi connectivity index (χ4v) is 2.99. The van der Waals surface area contributed by atoms with E-state index in [-0.39, 0.29) is 24.2 Å². The number of hydrogen-bond acceptors (Lipinski definition) is 3. The Bertz CT molecular complexity index is 337. The van der Waals surface area contributed by atoms with Crippen molar-refractivity contribution in [3.63, 3.8) is 0 Å². The fourth-order valence-electron chi connectivity index (χ4n) is 2.60. The summed E-state index contributed by atoms with van der Waals surface area (Å²) < 4.78 is 10.9. The number of amides is 1. The van der Waals surface area contributed by atoms with E-state index >= 15 is 0 Å². The molecule has 6 heteroatoms. The van der Waals surface area contributed by atoms with E-state index in [0.29, 0.717) is 12.3 Å². The molecule has 0 aromatic heterocycles. The molecule has 1 amide bonds. The van der Waals surface area contributed by atoms with E-state index in [1.807, 2.05) is 0 Å². The van der Waals surface area contributed by atoms with Crippen LogP contribution in [0.15, 0.2) is 0 Å². The summed E-state index contributed by atoms with van der Waals surface area (Å²) in [6.45, 7) is 0.394. The van der Waals surface area contributed by atoms with Gasteiger partial charge < -0.3 is 10.4 Å². The van der Waals surface area contributed by atoms with Crippen LogP contribution in [0, 0.1) is 5.41 Å². The zero-order chi connectivity index (χ0) is 13.6. The fraction of sp³-hybridized carbons (Fsp3) is 0.833. The van der Waals surface area contributed by atoms with Crippen molar-refractivity contribution in [3.8, 4) is 0 Å². The normalized spacial score (nSPS) is 19.4. The van der Waals surface area contributed by atoms with Gasteiger partial charge in [-0.3, -0.25) is 13.8 Å². The second-order valence-corrected chi connectivity index (χ2v) is 6.64. The number of aliphatic carboxylic acids is 1. The van der Waals surface area contributed by atoms with Crippen LogP contribution in [0.2, 0.25) is 0 Å². The maximum absolute atomic E-state index is 11.8. The van der Waals surface area contributed by atoms with Gasteiger partial charge in [0.15, 0.2) is 0 Å². The zero-order valence-corrected chi connectivity index (χ0v) is 11.6. The molecule has 2 N–H and O–H groups in total. The molecule has 1 rings (SSSR count). The van der Waals surface area contributed by atoms with Crippen LogP contribution in [-0.2, 0) is 20.4 Å². The van der Waals surface area contributed by atoms with Crippen molar-refractivity contribution < 1.29 is 18.9 Å². The second kappa shape index (κ2) is 6.87. The lowest BCUT2D eigenvalue weighted by atomic mass is 9.79. The van der Waals surface area contributed by atoms with Gasteiger partial charge in [0, 0.05) is 35.8 Å². The van der Waals surface area contributed by atoms with Crippen molar-refractivity contribution in [2.75, 3.05) is 18.6 Å². The van der Waals surface area contributed by atoms with Gasteiger partial charge in [0.05, 0.1) is 6.42 Å². The monoisotopic (exact) mass is 275 g/mol. The van der Waals surface area contributed by atoms with E-state index in [0.717, 1.165) is 25.7 Å². The average Bonchev–Trinajstić information content (AvgIpc) is 2.64. The molecule has 1 fully saturated rings. The Hall–Kier alpha value is -0.910. The highest BCUT2D eigenvalue weighted by Gasteiger charge is 2.37. The van der Waals surface area contributed by atoms with E-state index in [9.17, 15) is 13.8 Å². The molecule has 0 aromatic rings. The molecule has 0 radical (unpaired) electrons. The van der Waals surface area contributed by atoms with Crippen LogP contribution < -0.4 is 5.32 Å². The lowest BCUT2D eigenvalue weighted by molar-refractivity contribution is -0.140. The first-order valence-corrected chi connectivity index (χ1v) is 7.95. The molecule has 1 saturated carbocycles. The molecule has 104 valence electrons. The Morgan fingerprint density at radius 3 is 2.39 bits per heavy atom. The van der Waals surface area contributed by atoms with Gasteiger partial charge in [-0.05, 0) is 18.3 Å². The number of rotatable bonds is 7. The molecule has 1 aliphatic carbocycles. The molecule has 0 aliphatic heterocycles. The predicted octanol–water partition coefficient (Wildman–Crippen LogP) is 0.906. The molecule has 1 aliphatic rings. The highest BCUT2D eigenvalue weighted by Crippen LogP contribution is 2.43. The quantitative estimate of drug-likeness (QED) is 0.723. The van der Waals surface area contributed by atoms with Crippen LogP contribution in [0.1, 0.15) is 38.5 Å². The standard InChI is InChI=1S/C12H21NO4S/c1-18(17)7-6-13-10(14)8-12(9-11(15)16)4-2-3-5-12/h2-9H2,1H3,(H,13,14)(H,15,16). The molecular formula is C12H21NO4S. The highest BCUT2D eigenvalue weighted by molar-refractivity contribution is 7.84. The van der Waals surface area contributed by atoms with E-state index in [4.69, 9.17) is 5.11 Å². The lowest BCUT2D eigenvalue weighted by Crippen LogP contribution is -2.33. The summed E-state index contributed by atoms with van der Waals surface area (Å²) in [5, 5.41) is 11.6. The van der Waals surface area contributed by atoms with Crippen molar-refractivity contribution in [1.29, 1.82) is 0 Å². The Balaban J connectivity index is 2.43. The molecule has 0 bridgehead atoms. The largest absolute Gasteiger partial charge is 0.481 e. The van der Waals surface area contributed by atoms with Gasteiger partial charge in [-0.25, -0.2) is 0 Å². The first-order chi connectivity index (χ1) is 8.43. The summed E-state index contributed by atoms with van der Waals surface area (Å²) >= 11 is 0. The summed E-state index contributed by atoms with van der Waals surface area (Å²) in [7, 11) is -0.914. The minimum absolute atomic E-state index is 0.0696.